The van der Waals surface area contributed by atoms with Crippen LogP contribution in [0.25, 0.3) is 0 Å². The molecule has 1 heterocycles. The van der Waals surface area contributed by atoms with E-state index in [0.717, 1.165) is 18.2 Å². The van der Waals surface area contributed by atoms with Crippen LogP contribution in [0.3, 0.4) is 0 Å². The number of benzene rings is 1. The second kappa shape index (κ2) is 6.51. The van der Waals surface area contributed by atoms with E-state index in [-0.39, 0.29) is 31.0 Å². The highest BCUT2D eigenvalue weighted by Crippen LogP contribution is 2.18. The Bertz CT molecular complexity index is 551. The number of hydrogen-bond acceptors (Lipinski definition) is 4. The third kappa shape index (κ3) is 3.67. The summed E-state index contributed by atoms with van der Waals surface area (Å²) in [6.07, 6.45) is -0.476. The Morgan fingerprint density at radius 1 is 1.48 bits per heavy atom. The molecule has 1 unspecified atom stereocenters. The van der Waals surface area contributed by atoms with Crippen LogP contribution in [0, 0.1) is 5.82 Å². The van der Waals surface area contributed by atoms with Gasteiger partial charge in [0.05, 0.1) is 37.1 Å². The number of carbonyl (C=O) groups excluding carboxylic acids is 1. The van der Waals surface area contributed by atoms with E-state index >= 15 is 0 Å². The average molecular weight is 298 g/mol. The van der Waals surface area contributed by atoms with E-state index in [1.165, 1.54) is 4.90 Å². The first-order valence-corrected chi connectivity index (χ1v) is 6.32. The van der Waals surface area contributed by atoms with Gasteiger partial charge in [-0.05, 0) is 18.2 Å². The zero-order valence-corrected chi connectivity index (χ0v) is 11.1. The SMILES string of the molecule is O=C(O)c1ccc(F)cc1NC(=O)N1CCOC(CO)C1. The lowest BCUT2D eigenvalue weighted by Gasteiger charge is -2.32. The van der Waals surface area contributed by atoms with Crippen LogP contribution >= 0.6 is 0 Å². The molecule has 0 bridgehead atoms. The van der Waals surface area contributed by atoms with E-state index in [1.807, 2.05) is 0 Å². The van der Waals surface area contributed by atoms with Crippen molar-refractivity contribution in [2.24, 2.45) is 0 Å². The van der Waals surface area contributed by atoms with Gasteiger partial charge in [-0.3, -0.25) is 0 Å². The number of carboxylic acids is 1. The molecule has 8 heteroatoms. The number of aliphatic hydroxyl groups excluding tert-OH is 1. The quantitative estimate of drug-likeness (QED) is 0.764. The zero-order chi connectivity index (χ0) is 15.4. The summed E-state index contributed by atoms with van der Waals surface area (Å²) in [6.45, 7) is 0.539. The maximum atomic E-state index is 13.2. The van der Waals surface area contributed by atoms with Crippen LogP contribution in [0.4, 0.5) is 14.9 Å². The fraction of sp³-hybridized carbons (Fsp3) is 0.385. The van der Waals surface area contributed by atoms with E-state index in [1.54, 1.807) is 0 Å². The molecule has 0 aromatic heterocycles. The molecule has 7 nitrogen and oxygen atoms in total. The van der Waals surface area contributed by atoms with Crippen molar-refractivity contribution in [1.82, 2.24) is 4.90 Å². The zero-order valence-electron chi connectivity index (χ0n) is 11.1. The predicted molar refractivity (Wildman–Crippen MR) is 70.8 cm³/mol. The number of morpholine rings is 1. The molecule has 1 aliphatic rings. The first-order chi connectivity index (χ1) is 10.0. The number of urea groups is 1. The highest BCUT2D eigenvalue weighted by Gasteiger charge is 2.24. The minimum absolute atomic E-state index is 0.112. The van der Waals surface area contributed by atoms with Gasteiger partial charge in [0.1, 0.15) is 5.82 Å². The average Bonchev–Trinajstić information content (AvgIpc) is 2.47. The van der Waals surface area contributed by atoms with Crippen molar-refractivity contribution < 1.29 is 28.9 Å². The number of carboxylic acid groups (broad SMARTS) is 1. The van der Waals surface area contributed by atoms with Crippen LogP contribution in [0.1, 0.15) is 10.4 Å². The number of aliphatic hydroxyl groups is 1. The monoisotopic (exact) mass is 298 g/mol. The third-order valence-corrected chi connectivity index (χ3v) is 3.08. The number of hydrogen-bond donors (Lipinski definition) is 3. The smallest absolute Gasteiger partial charge is 0.337 e. The van der Waals surface area contributed by atoms with E-state index in [2.05, 4.69) is 5.32 Å². The number of halogens is 1. The molecule has 2 rings (SSSR count). The van der Waals surface area contributed by atoms with Crippen LogP contribution in [-0.4, -0.2) is 59.5 Å². The molecular weight excluding hydrogens is 283 g/mol. The van der Waals surface area contributed by atoms with Gasteiger partial charge < -0.3 is 25.2 Å². The summed E-state index contributed by atoms with van der Waals surface area (Å²) < 4.78 is 18.4. The maximum Gasteiger partial charge on any atom is 0.337 e. The van der Waals surface area contributed by atoms with Gasteiger partial charge in [-0.2, -0.15) is 0 Å². The van der Waals surface area contributed by atoms with Crippen molar-refractivity contribution in [3.8, 4) is 0 Å². The minimum Gasteiger partial charge on any atom is -0.478 e. The Kier molecular flexibility index (Phi) is 4.71. The van der Waals surface area contributed by atoms with Crippen LogP contribution in [-0.2, 0) is 4.74 Å². The number of aromatic carboxylic acids is 1. The molecule has 1 fully saturated rings. The number of carbonyl (C=O) groups is 2. The first kappa shape index (κ1) is 15.2. The second-order valence-electron chi connectivity index (χ2n) is 4.55. The second-order valence-corrected chi connectivity index (χ2v) is 4.55. The Morgan fingerprint density at radius 3 is 2.90 bits per heavy atom. The van der Waals surface area contributed by atoms with Gasteiger partial charge in [0.2, 0.25) is 0 Å². The van der Waals surface area contributed by atoms with Crippen molar-refractivity contribution >= 4 is 17.7 Å². The number of amides is 2. The molecule has 0 spiro atoms. The van der Waals surface area contributed by atoms with Crippen molar-refractivity contribution in [3.63, 3.8) is 0 Å². The highest BCUT2D eigenvalue weighted by atomic mass is 19.1. The molecule has 2 amide bonds. The Hall–Kier alpha value is -2.19. The Labute approximate surface area is 119 Å². The van der Waals surface area contributed by atoms with Crippen molar-refractivity contribution in [2.45, 2.75) is 6.10 Å². The molecule has 114 valence electrons. The number of ether oxygens (including phenoxy) is 1. The van der Waals surface area contributed by atoms with Crippen LogP contribution in [0.15, 0.2) is 18.2 Å². The molecule has 1 aliphatic heterocycles. The van der Waals surface area contributed by atoms with Crippen molar-refractivity contribution in [1.29, 1.82) is 0 Å². The molecule has 1 saturated heterocycles. The van der Waals surface area contributed by atoms with Gasteiger partial charge >= 0.3 is 12.0 Å². The molecular formula is C13H15FN2O5. The first-order valence-electron chi connectivity index (χ1n) is 6.32. The summed E-state index contributed by atoms with van der Waals surface area (Å²) in [5.41, 5.74) is -0.309. The lowest BCUT2D eigenvalue weighted by Crippen LogP contribution is -2.48. The summed E-state index contributed by atoms with van der Waals surface area (Å²) in [5.74, 6) is -1.91. The summed E-state index contributed by atoms with van der Waals surface area (Å²) in [5, 5.41) is 20.4. The topological polar surface area (TPSA) is 99.1 Å². The van der Waals surface area contributed by atoms with Crippen molar-refractivity contribution in [3.05, 3.63) is 29.6 Å². The summed E-state index contributed by atoms with van der Waals surface area (Å²) in [7, 11) is 0. The van der Waals surface area contributed by atoms with Gasteiger partial charge in [0.25, 0.3) is 0 Å². The fourth-order valence-corrected chi connectivity index (χ4v) is 2.01. The molecule has 1 atom stereocenters. The lowest BCUT2D eigenvalue weighted by atomic mass is 10.1. The minimum atomic E-state index is -1.26. The van der Waals surface area contributed by atoms with E-state index < -0.39 is 23.9 Å². The molecule has 21 heavy (non-hydrogen) atoms. The van der Waals surface area contributed by atoms with E-state index in [0.29, 0.717) is 6.54 Å². The van der Waals surface area contributed by atoms with E-state index in [9.17, 15) is 14.0 Å². The summed E-state index contributed by atoms with van der Waals surface area (Å²) in [4.78, 5) is 24.5. The fourth-order valence-electron chi connectivity index (χ4n) is 2.01. The van der Waals surface area contributed by atoms with Gasteiger partial charge in [0.15, 0.2) is 0 Å². The van der Waals surface area contributed by atoms with Crippen LogP contribution < -0.4 is 5.32 Å². The largest absolute Gasteiger partial charge is 0.478 e. The summed E-state index contributed by atoms with van der Waals surface area (Å²) >= 11 is 0. The van der Waals surface area contributed by atoms with E-state index in [4.69, 9.17) is 14.9 Å². The molecule has 0 aliphatic carbocycles. The predicted octanol–water partition coefficient (Wildman–Crippen LogP) is 0.749. The standard InChI is InChI=1S/C13H15FN2O5/c14-8-1-2-10(12(18)19)11(5-8)15-13(20)16-3-4-21-9(6-16)7-17/h1-2,5,9,17H,3-4,6-7H2,(H,15,20)(H,18,19). The number of nitrogens with zero attached hydrogens (tertiary/aromatic N) is 1. The molecule has 0 radical (unpaired) electrons. The Morgan fingerprint density at radius 2 is 2.24 bits per heavy atom. The molecule has 0 saturated carbocycles. The normalized spacial score (nSPS) is 18.4. The number of rotatable bonds is 3. The van der Waals surface area contributed by atoms with Gasteiger partial charge in [-0.1, -0.05) is 0 Å². The third-order valence-electron chi connectivity index (χ3n) is 3.08. The molecule has 1 aromatic carbocycles. The van der Waals surface area contributed by atoms with Crippen LogP contribution in [0.5, 0.6) is 0 Å². The maximum absolute atomic E-state index is 13.2. The number of anilines is 1. The molecule has 1 aromatic rings. The number of nitrogens with one attached hydrogen (secondary N) is 1. The highest BCUT2D eigenvalue weighted by molar-refractivity contribution is 6.00. The van der Waals surface area contributed by atoms with Gasteiger partial charge in [0, 0.05) is 6.54 Å². The molecule has 3 N–H and O–H groups in total. The van der Waals surface area contributed by atoms with Crippen molar-refractivity contribution in [2.75, 3.05) is 31.6 Å². The van der Waals surface area contributed by atoms with Gasteiger partial charge in [-0.15, -0.1) is 0 Å². The van der Waals surface area contributed by atoms with Gasteiger partial charge in [-0.25, -0.2) is 14.0 Å². The Balaban J connectivity index is 2.12. The lowest BCUT2D eigenvalue weighted by molar-refractivity contribution is -0.0388. The summed E-state index contributed by atoms with van der Waals surface area (Å²) in [6, 6.07) is 2.48. The van der Waals surface area contributed by atoms with Crippen LogP contribution in [0.2, 0.25) is 0 Å².